The minimum absolute atomic E-state index is 0.0803. The van der Waals surface area contributed by atoms with Crippen molar-refractivity contribution >= 4 is 11.9 Å². The number of esters is 2. The van der Waals surface area contributed by atoms with Gasteiger partial charge in [0, 0.05) is 19.4 Å². The average molecular weight is 841 g/mol. The number of ether oxygens (including phenoxy) is 3. The second-order valence-corrected chi connectivity index (χ2v) is 17.4. The van der Waals surface area contributed by atoms with Crippen LogP contribution in [-0.2, 0) is 23.8 Å². The van der Waals surface area contributed by atoms with Crippen LogP contribution in [-0.4, -0.2) is 37.9 Å². The van der Waals surface area contributed by atoms with E-state index < -0.39 is 6.10 Å². The number of unbranched alkanes of at least 4 members (excludes halogenated alkanes) is 29. The van der Waals surface area contributed by atoms with E-state index in [9.17, 15) is 9.59 Å². The van der Waals surface area contributed by atoms with Gasteiger partial charge in [-0.3, -0.25) is 9.59 Å². The van der Waals surface area contributed by atoms with Crippen molar-refractivity contribution in [2.24, 2.45) is 0 Å². The summed E-state index contributed by atoms with van der Waals surface area (Å²) in [6.07, 6.45) is 62.6. The second-order valence-electron chi connectivity index (χ2n) is 17.4. The van der Waals surface area contributed by atoms with Crippen LogP contribution in [0.15, 0.2) is 48.6 Å². The van der Waals surface area contributed by atoms with Crippen molar-refractivity contribution in [3.05, 3.63) is 48.6 Å². The lowest BCUT2D eigenvalue weighted by atomic mass is 10.1. The topological polar surface area (TPSA) is 61.8 Å². The number of hydrogen-bond donors (Lipinski definition) is 0. The van der Waals surface area contributed by atoms with Gasteiger partial charge in [-0.1, -0.05) is 223 Å². The largest absolute Gasteiger partial charge is 0.462 e. The van der Waals surface area contributed by atoms with Crippen molar-refractivity contribution in [2.45, 2.75) is 271 Å². The van der Waals surface area contributed by atoms with Crippen molar-refractivity contribution in [3.8, 4) is 0 Å². The number of carbonyl (C=O) groups excluding carboxylic acids is 2. The molecule has 1 atom stereocenters. The fourth-order valence-corrected chi connectivity index (χ4v) is 7.40. The van der Waals surface area contributed by atoms with Crippen molar-refractivity contribution < 1.29 is 23.8 Å². The molecule has 5 nitrogen and oxygen atoms in total. The minimum Gasteiger partial charge on any atom is -0.462 e. The summed E-state index contributed by atoms with van der Waals surface area (Å²) < 4.78 is 17.4. The summed E-state index contributed by atoms with van der Waals surface area (Å²) in [6, 6.07) is 0. The van der Waals surface area contributed by atoms with Crippen LogP contribution in [0.4, 0.5) is 0 Å². The molecule has 0 rings (SSSR count). The van der Waals surface area contributed by atoms with Gasteiger partial charge in [0.1, 0.15) is 6.61 Å². The molecule has 0 heterocycles. The van der Waals surface area contributed by atoms with Crippen LogP contribution in [0, 0.1) is 0 Å². The van der Waals surface area contributed by atoms with E-state index in [2.05, 4.69) is 69.4 Å². The molecule has 5 heteroatoms. The molecule has 0 spiro atoms. The summed E-state index contributed by atoms with van der Waals surface area (Å²) in [4.78, 5) is 25.4. The number of rotatable bonds is 48. The summed E-state index contributed by atoms with van der Waals surface area (Å²) in [6.45, 7) is 7.75. The summed E-state index contributed by atoms with van der Waals surface area (Å²) in [7, 11) is 0. The van der Waals surface area contributed by atoms with E-state index >= 15 is 0 Å². The fraction of sp³-hybridized carbons (Fsp3) is 0.818. The van der Waals surface area contributed by atoms with E-state index in [0.29, 0.717) is 19.4 Å². The van der Waals surface area contributed by atoms with E-state index in [4.69, 9.17) is 14.2 Å². The zero-order valence-corrected chi connectivity index (χ0v) is 40.2. The molecule has 0 aromatic heterocycles. The predicted molar refractivity (Wildman–Crippen MR) is 261 cm³/mol. The van der Waals surface area contributed by atoms with Crippen molar-refractivity contribution in [1.82, 2.24) is 0 Å². The quantitative estimate of drug-likeness (QED) is 0.0347. The van der Waals surface area contributed by atoms with E-state index in [1.807, 2.05) is 0 Å². The van der Waals surface area contributed by atoms with Crippen molar-refractivity contribution in [2.75, 3.05) is 19.8 Å². The van der Waals surface area contributed by atoms with E-state index in [1.165, 1.54) is 167 Å². The zero-order valence-electron chi connectivity index (χ0n) is 40.2. The molecule has 1 unspecified atom stereocenters. The van der Waals surface area contributed by atoms with Crippen LogP contribution in [0.5, 0.6) is 0 Å². The SMILES string of the molecule is CCC/C=C\C/C=C\CCCCCCCC(=O)OC(COCCCCCCCCCCCCCC)COC(=O)CCCCCCCCCCC/C=C\C/C=C\CCCCC. The Hall–Kier alpha value is -2.14. The normalized spacial score (nSPS) is 12.5. The standard InChI is InChI=1S/C55H100O5/c1-4-7-10-13-16-19-22-25-26-27-28-29-30-32-33-36-39-42-45-48-54(56)59-52-53(51-58-50-47-44-41-38-35-24-21-18-15-12-9-6-3)60-55(57)49-46-43-40-37-34-31-23-20-17-14-11-8-5-2/h11,14,16,19-20,23,25-26,53H,4-10,12-13,15,17-18,21-22,24,27-52H2,1-3H3/b14-11-,19-16-,23-20-,26-25-. The fourth-order valence-electron chi connectivity index (χ4n) is 7.40. The Balaban J connectivity index is 4.22. The molecule has 0 amide bonds. The van der Waals surface area contributed by atoms with Gasteiger partial charge in [-0.25, -0.2) is 0 Å². The molecule has 0 aliphatic rings. The Morgan fingerprint density at radius 3 is 1.20 bits per heavy atom. The highest BCUT2D eigenvalue weighted by Gasteiger charge is 2.17. The van der Waals surface area contributed by atoms with Gasteiger partial charge in [-0.2, -0.15) is 0 Å². The van der Waals surface area contributed by atoms with Crippen LogP contribution in [0.3, 0.4) is 0 Å². The van der Waals surface area contributed by atoms with Gasteiger partial charge in [0.2, 0.25) is 0 Å². The highest BCUT2D eigenvalue weighted by molar-refractivity contribution is 5.70. The van der Waals surface area contributed by atoms with Crippen LogP contribution >= 0.6 is 0 Å². The molecule has 0 radical (unpaired) electrons. The lowest BCUT2D eigenvalue weighted by Crippen LogP contribution is -2.30. The smallest absolute Gasteiger partial charge is 0.306 e. The molecular weight excluding hydrogens is 741 g/mol. The van der Waals surface area contributed by atoms with Gasteiger partial charge in [0.15, 0.2) is 6.10 Å². The minimum atomic E-state index is -0.541. The molecule has 350 valence electrons. The van der Waals surface area contributed by atoms with Gasteiger partial charge >= 0.3 is 11.9 Å². The van der Waals surface area contributed by atoms with E-state index in [0.717, 1.165) is 64.2 Å². The Kier molecular flexibility index (Phi) is 49.4. The maximum absolute atomic E-state index is 12.8. The molecule has 60 heavy (non-hydrogen) atoms. The van der Waals surface area contributed by atoms with Gasteiger partial charge in [0.25, 0.3) is 0 Å². The second kappa shape index (κ2) is 51.2. The maximum atomic E-state index is 12.8. The first kappa shape index (κ1) is 57.9. The van der Waals surface area contributed by atoms with E-state index in [1.54, 1.807) is 0 Å². The Bertz CT molecular complexity index is 997. The van der Waals surface area contributed by atoms with E-state index in [-0.39, 0.29) is 25.2 Å². The lowest BCUT2D eigenvalue weighted by Gasteiger charge is -2.18. The third-order valence-electron chi connectivity index (χ3n) is 11.3. The van der Waals surface area contributed by atoms with Gasteiger partial charge < -0.3 is 14.2 Å². The van der Waals surface area contributed by atoms with Crippen molar-refractivity contribution in [1.29, 1.82) is 0 Å². The van der Waals surface area contributed by atoms with Crippen LogP contribution < -0.4 is 0 Å². The molecule has 0 aliphatic heterocycles. The Morgan fingerprint density at radius 2 is 0.733 bits per heavy atom. The van der Waals surface area contributed by atoms with Crippen molar-refractivity contribution in [3.63, 3.8) is 0 Å². The highest BCUT2D eigenvalue weighted by Crippen LogP contribution is 2.15. The summed E-state index contributed by atoms with van der Waals surface area (Å²) >= 11 is 0. The highest BCUT2D eigenvalue weighted by atomic mass is 16.6. The molecule has 0 saturated carbocycles. The van der Waals surface area contributed by atoms with Crippen LogP contribution in [0.1, 0.15) is 265 Å². The number of carbonyl (C=O) groups is 2. The monoisotopic (exact) mass is 841 g/mol. The summed E-state index contributed by atoms with van der Waals surface area (Å²) in [5, 5.41) is 0. The van der Waals surface area contributed by atoms with Gasteiger partial charge in [-0.05, 0) is 77.0 Å². The zero-order chi connectivity index (χ0) is 43.5. The first-order chi connectivity index (χ1) is 29.6. The van der Waals surface area contributed by atoms with Crippen LogP contribution in [0.25, 0.3) is 0 Å². The Morgan fingerprint density at radius 1 is 0.367 bits per heavy atom. The molecular formula is C55H100O5. The molecule has 0 aliphatic carbocycles. The predicted octanol–water partition coefficient (Wildman–Crippen LogP) is 17.6. The third kappa shape index (κ3) is 48.5. The van der Waals surface area contributed by atoms with Gasteiger partial charge in [0.05, 0.1) is 6.61 Å². The maximum Gasteiger partial charge on any atom is 0.306 e. The molecule has 0 fully saturated rings. The summed E-state index contributed by atoms with van der Waals surface area (Å²) in [5.41, 5.74) is 0. The van der Waals surface area contributed by atoms with Crippen LogP contribution in [0.2, 0.25) is 0 Å². The number of hydrogen-bond acceptors (Lipinski definition) is 5. The molecule has 0 aromatic carbocycles. The average Bonchev–Trinajstić information content (AvgIpc) is 3.25. The summed E-state index contributed by atoms with van der Waals surface area (Å²) in [5.74, 6) is -0.408. The molecule has 0 saturated heterocycles. The third-order valence-corrected chi connectivity index (χ3v) is 11.3. The molecule has 0 aromatic rings. The molecule has 0 bridgehead atoms. The first-order valence-electron chi connectivity index (χ1n) is 26.2. The van der Waals surface area contributed by atoms with Gasteiger partial charge in [-0.15, -0.1) is 0 Å². The first-order valence-corrected chi connectivity index (χ1v) is 26.2. The lowest BCUT2D eigenvalue weighted by molar-refractivity contribution is -0.163. The molecule has 0 N–H and O–H groups in total. The number of allylic oxidation sites excluding steroid dienone is 8. The Labute approximate surface area is 373 Å².